The first kappa shape index (κ1) is 18.6. The fourth-order valence-corrected chi connectivity index (χ4v) is 3.20. The Bertz CT molecular complexity index is 1150. The largest absolute Gasteiger partial charge is 0.334 e. The zero-order valence-corrected chi connectivity index (χ0v) is 16.4. The van der Waals surface area contributed by atoms with Gasteiger partial charge < -0.3 is 10.6 Å². The molecule has 2 amide bonds. The van der Waals surface area contributed by atoms with Crippen molar-refractivity contribution >= 4 is 22.8 Å². The molecule has 7 nitrogen and oxygen atoms in total. The van der Waals surface area contributed by atoms with Gasteiger partial charge in [-0.25, -0.2) is 14.5 Å². The van der Waals surface area contributed by atoms with Crippen LogP contribution in [0.2, 0.25) is 0 Å². The number of pyridine rings is 2. The standard InChI is InChI=1S/C22H22N6O/c1-15-18(9-6-10-23-15)12-25-22(29)26-19-11-20-16(2)27-28(21(20)24-13-19)14-17-7-4-3-5-8-17/h3-11,13H,12,14H2,1-2H3,(H2,25,26,29). The molecule has 0 bridgehead atoms. The van der Waals surface area contributed by atoms with Crippen molar-refractivity contribution in [3.63, 3.8) is 0 Å². The Morgan fingerprint density at radius 1 is 1.03 bits per heavy atom. The Kier molecular flexibility index (Phi) is 5.20. The maximum atomic E-state index is 12.3. The molecule has 0 aliphatic rings. The van der Waals surface area contributed by atoms with E-state index in [0.29, 0.717) is 18.8 Å². The molecule has 0 saturated heterocycles. The lowest BCUT2D eigenvalue weighted by molar-refractivity contribution is 0.251. The van der Waals surface area contributed by atoms with Gasteiger partial charge in [0.1, 0.15) is 0 Å². The van der Waals surface area contributed by atoms with Crippen LogP contribution in [-0.4, -0.2) is 25.8 Å². The van der Waals surface area contributed by atoms with Crippen LogP contribution in [0.15, 0.2) is 60.9 Å². The second kappa shape index (κ2) is 8.10. The first-order valence-electron chi connectivity index (χ1n) is 9.42. The van der Waals surface area contributed by atoms with Gasteiger partial charge in [-0.1, -0.05) is 36.4 Å². The molecule has 3 heterocycles. The van der Waals surface area contributed by atoms with E-state index >= 15 is 0 Å². The summed E-state index contributed by atoms with van der Waals surface area (Å²) in [6.45, 7) is 4.92. The SMILES string of the molecule is Cc1ncccc1CNC(=O)Nc1cnc2c(c1)c(C)nn2Cc1ccccc1. The second-order valence-electron chi connectivity index (χ2n) is 6.88. The highest BCUT2D eigenvalue weighted by atomic mass is 16.2. The summed E-state index contributed by atoms with van der Waals surface area (Å²) in [6.07, 6.45) is 3.39. The highest BCUT2D eigenvalue weighted by molar-refractivity contribution is 5.92. The van der Waals surface area contributed by atoms with Crippen LogP contribution in [0.5, 0.6) is 0 Å². The van der Waals surface area contributed by atoms with Gasteiger partial charge in [-0.3, -0.25) is 4.98 Å². The number of amides is 2. The van der Waals surface area contributed by atoms with Crippen molar-refractivity contribution in [1.82, 2.24) is 25.1 Å². The van der Waals surface area contributed by atoms with Gasteiger partial charge in [0.15, 0.2) is 5.65 Å². The van der Waals surface area contributed by atoms with Crippen LogP contribution in [0, 0.1) is 13.8 Å². The normalized spacial score (nSPS) is 10.8. The molecule has 4 aromatic rings. The van der Waals surface area contributed by atoms with E-state index in [1.165, 1.54) is 0 Å². The lowest BCUT2D eigenvalue weighted by Gasteiger charge is -2.09. The van der Waals surface area contributed by atoms with Crippen LogP contribution in [0.1, 0.15) is 22.5 Å². The van der Waals surface area contributed by atoms with Gasteiger partial charge in [-0.2, -0.15) is 5.10 Å². The van der Waals surface area contributed by atoms with Gasteiger partial charge in [0.05, 0.1) is 24.1 Å². The second-order valence-corrected chi connectivity index (χ2v) is 6.88. The number of carbonyl (C=O) groups is 1. The summed E-state index contributed by atoms with van der Waals surface area (Å²) in [4.78, 5) is 21.0. The molecule has 2 N–H and O–H groups in total. The average molecular weight is 386 g/mol. The van der Waals surface area contributed by atoms with E-state index in [0.717, 1.165) is 33.5 Å². The minimum Gasteiger partial charge on any atom is -0.334 e. The van der Waals surface area contributed by atoms with E-state index in [9.17, 15) is 4.79 Å². The molecule has 1 aromatic carbocycles. The van der Waals surface area contributed by atoms with Gasteiger partial charge in [0, 0.05) is 23.8 Å². The molecule has 0 atom stereocenters. The number of anilines is 1. The Morgan fingerprint density at radius 2 is 1.86 bits per heavy atom. The number of fused-ring (bicyclic) bond motifs is 1. The highest BCUT2D eigenvalue weighted by Gasteiger charge is 2.11. The summed E-state index contributed by atoms with van der Waals surface area (Å²) in [5, 5.41) is 11.2. The predicted octanol–water partition coefficient (Wildman–Crippen LogP) is 3.81. The Balaban J connectivity index is 1.47. The summed E-state index contributed by atoms with van der Waals surface area (Å²) >= 11 is 0. The smallest absolute Gasteiger partial charge is 0.319 e. The zero-order chi connectivity index (χ0) is 20.2. The molecule has 0 radical (unpaired) electrons. The fraction of sp³-hybridized carbons (Fsp3) is 0.182. The van der Waals surface area contributed by atoms with Crippen molar-refractivity contribution in [3.8, 4) is 0 Å². The monoisotopic (exact) mass is 386 g/mol. The first-order chi connectivity index (χ1) is 14.1. The van der Waals surface area contributed by atoms with Crippen LogP contribution in [0.3, 0.4) is 0 Å². The third-order valence-electron chi connectivity index (χ3n) is 4.76. The van der Waals surface area contributed by atoms with Crippen LogP contribution in [0.25, 0.3) is 11.0 Å². The number of nitrogens with one attached hydrogen (secondary N) is 2. The fourth-order valence-electron chi connectivity index (χ4n) is 3.20. The van der Waals surface area contributed by atoms with Crippen molar-refractivity contribution < 1.29 is 4.79 Å². The summed E-state index contributed by atoms with van der Waals surface area (Å²) in [5.41, 5.74) is 5.33. The van der Waals surface area contributed by atoms with Crippen molar-refractivity contribution in [1.29, 1.82) is 0 Å². The van der Waals surface area contributed by atoms with E-state index in [2.05, 4.69) is 37.8 Å². The van der Waals surface area contributed by atoms with Crippen molar-refractivity contribution in [3.05, 3.63) is 83.4 Å². The molecular formula is C22H22N6O. The van der Waals surface area contributed by atoms with Crippen LogP contribution < -0.4 is 10.6 Å². The number of urea groups is 1. The molecule has 29 heavy (non-hydrogen) atoms. The van der Waals surface area contributed by atoms with Gasteiger partial charge >= 0.3 is 6.03 Å². The lowest BCUT2D eigenvalue weighted by Crippen LogP contribution is -2.28. The molecule has 3 aromatic heterocycles. The van der Waals surface area contributed by atoms with E-state index in [1.807, 2.05) is 54.9 Å². The number of nitrogens with zero attached hydrogens (tertiary/aromatic N) is 4. The molecule has 0 unspecified atom stereocenters. The number of benzene rings is 1. The molecule has 0 fully saturated rings. The summed E-state index contributed by atoms with van der Waals surface area (Å²) in [7, 11) is 0. The topological polar surface area (TPSA) is 84.7 Å². The number of carbonyl (C=O) groups excluding carboxylic acids is 1. The number of hydrogen-bond donors (Lipinski definition) is 2. The highest BCUT2D eigenvalue weighted by Crippen LogP contribution is 2.21. The number of aryl methyl sites for hydroxylation is 2. The molecule has 0 saturated carbocycles. The van der Waals surface area contributed by atoms with Gasteiger partial charge in [-0.05, 0) is 37.1 Å². The quantitative estimate of drug-likeness (QED) is 0.546. The van der Waals surface area contributed by atoms with Gasteiger partial charge in [-0.15, -0.1) is 0 Å². The van der Waals surface area contributed by atoms with Crippen LogP contribution in [0.4, 0.5) is 10.5 Å². The average Bonchev–Trinajstić information content (AvgIpc) is 3.03. The minimum atomic E-state index is -0.288. The van der Waals surface area contributed by atoms with E-state index in [4.69, 9.17) is 0 Å². The van der Waals surface area contributed by atoms with Crippen LogP contribution >= 0.6 is 0 Å². The molecule has 7 heteroatoms. The summed E-state index contributed by atoms with van der Waals surface area (Å²) < 4.78 is 1.88. The lowest BCUT2D eigenvalue weighted by atomic mass is 10.2. The molecule has 0 aliphatic heterocycles. The Hall–Kier alpha value is -3.74. The van der Waals surface area contributed by atoms with Crippen molar-refractivity contribution in [2.75, 3.05) is 5.32 Å². The van der Waals surface area contributed by atoms with Crippen LogP contribution in [-0.2, 0) is 13.1 Å². The van der Waals surface area contributed by atoms with Crippen molar-refractivity contribution in [2.45, 2.75) is 26.9 Å². The van der Waals surface area contributed by atoms with Crippen molar-refractivity contribution in [2.24, 2.45) is 0 Å². The van der Waals surface area contributed by atoms with Gasteiger partial charge in [0.25, 0.3) is 0 Å². The third-order valence-corrected chi connectivity index (χ3v) is 4.76. The summed E-state index contributed by atoms with van der Waals surface area (Å²) in [5.74, 6) is 0. The van der Waals surface area contributed by atoms with E-state index in [1.54, 1.807) is 12.4 Å². The molecule has 0 aliphatic carbocycles. The molecule has 146 valence electrons. The Labute approximate surface area is 168 Å². The number of hydrogen-bond acceptors (Lipinski definition) is 4. The third kappa shape index (κ3) is 4.24. The number of aromatic nitrogens is 4. The molecule has 0 spiro atoms. The number of rotatable bonds is 5. The van der Waals surface area contributed by atoms with E-state index < -0.39 is 0 Å². The Morgan fingerprint density at radius 3 is 2.66 bits per heavy atom. The maximum absolute atomic E-state index is 12.3. The summed E-state index contributed by atoms with van der Waals surface area (Å²) in [6, 6.07) is 15.6. The zero-order valence-electron chi connectivity index (χ0n) is 16.4. The van der Waals surface area contributed by atoms with Gasteiger partial charge in [0.2, 0.25) is 0 Å². The van der Waals surface area contributed by atoms with E-state index in [-0.39, 0.29) is 6.03 Å². The maximum Gasteiger partial charge on any atom is 0.319 e. The predicted molar refractivity (Wildman–Crippen MR) is 113 cm³/mol. The molecule has 4 rings (SSSR count). The minimum absolute atomic E-state index is 0.288. The first-order valence-corrected chi connectivity index (χ1v) is 9.42. The molecular weight excluding hydrogens is 364 g/mol.